The third-order valence-corrected chi connectivity index (χ3v) is 4.16. The van der Waals surface area contributed by atoms with Gasteiger partial charge in [-0.05, 0) is 24.2 Å². The van der Waals surface area contributed by atoms with Crippen LogP contribution in [0.25, 0.3) is 0 Å². The van der Waals surface area contributed by atoms with Gasteiger partial charge in [0.15, 0.2) is 0 Å². The predicted octanol–water partition coefficient (Wildman–Crippen LogP) is 1.17. The Balaban J connectivity index is 2.74. The fraction of sp³-hybridized carbons (Fsp3) is 0.867. The van der Waals surface area contributed by atoms with Gasteiger partial charge in [-0.2, -0.15) is 0 Å². The highest BCUT2D eigenvalue weighted by Crippen LogP contribution is 2.27. The molecule has 1 rings (SSSR count). The van der Waals surface area contributed by atoms with E-state index < -0.39 is 12.1 Å². The van der Waals surface area contributed by atoms with Crippen LogP contribution in [0.1, 0.15) is 52.9 Å². The zero-order valence-electron chi connectivity index (χ0n) is 13.2. The Kier molecular flexibility index (Phi) is 5.99. The topological polar surface area (TPSA) is 84.2 Å². The molecule has 0 heterocycles. The van der Waals surface area contributed by atoms with Gasteiger partial charge >= 0.3 is 0 Å². The molecule has 5 heteroatoms. The average Bonchev–Trinajstić information content (AvgIpc) is 2.42. The molecule has 0 saturated heterocycles. The third kappa shape index (κ3) is 4.47. The lowest BCUT2D eigenvalue weighted by Crippen LogP contribution is -2.57. The fourth-order valence-electron chi connectivity index (χ4n) is 2.66. The summed E-state index contributed by atoms with van der Waals surface area (Å²) in [6.07, 6.45) is 5.44. The van der Waals surface area contributed by atoms with Gasteiger partial charge in [-0.3, -0.25) is 9.59 Å². The molecular weight excluding hydrogens is 254 g/mol. The summed E-state index contributed by atoms with van der Waals surface area (Å²) in [4.78, 5) is 24.3. The van der Waals surface area contributed by atoms with Crippen molar-refractivity contribution >= 4 is 11.8 Å². The number of likely N-dealkylation sites (N-methyl/N-ethyl adjacent to an activating group) is 1. The molecule has 20 heavy (non-hydrogen) atoms. The molecule has 1 fully saturated rings. The van der Waals surface area contributed by atoms with Gasteiger partial charge in [0, 0.05) is 7.05 Å². The molecule has 0 bridgehead atoms. The summed E-state index contributed by atoms with van der Waals surface area (Å²) in [5.41, 5.74) is 5.65. The summed E-state index contributed by atoms with van der Waals surface area (Å²) in [7, 11) is 1.61. The van der Waals surface area contributed by atoms with Crippen LogP contribution in [0.15, 0.2) is 0 Å². The standard InChI is InChI=1S/C15H29N3O2/c1-15(2,3)12(16)14(20)18-11(13(19)17-4)10-8-6-5-7-9-10/h10-12H,5-9,16H2,1-4H3,(H,17,19)(H,18,20)/t11-,12+/m0/s1. The summed E-state index contributed by atoms with van der Waals surface area (Å²) in [5, 5.41) is 5.52. The van der Waals surface area contributed by atoms with Crippen LogP contribution in [-0.2, 0) is 9.59 Å². The maximum absolute atomic E-state index is 12.2. The normalized spacial score (nSPS) is 20.1. The fourth-order valence-corrected chi connectivity index (χ4v) is 2.66. The van der Waals surface area contributed by atoms with E-state index in [1.54, 1.807) is 7.05 Å². The number of carbonyl (C=O) groups excluding carboxylic acids is 2. The quantitative estimate of drug-likeness (QED) is 0.724. The van der Waals surface area contributed by atoms with Gasteiger partial charge in [0.1, 0.15) is 6.04 Å². The predicted molar refractivity (Wildman–Crippen MR) is 80.0 cm³/mol. The van der Waals surface area contributed by atoms with Gasteiger partial charge < -0.3 is 16.4 Å². The SMILES string of the molecule is CNC(=O)[C@@H](NC(=O)[C@@H](N)C(C)(C)C)C1CCCCC1. The van der Waals surface area contributed by atoms with Gasteiger partial charge in [0.2, 0.25) is 11.8 Å². The zero-order chi connectivity index (χ0) is 15.3. The highest BCUT2D eigenvalue weighted by molar-refractivity contribution is 5.90. The maximum Gasteiger partial charge on any atom is 0.242 e. The van der Waals surface area contributed by atoms with Crippen LogP contribution < -0.4 is 16.4 Å². The van der Waals surface area contributed by atoms with Crippen molar-refractivity contribution in [1.29, 1.82) is 0 Å². The van der Waals surface area contributed by atoms with Crippen molar-refractivity contribution in [2.45, 2.75) is 65.0 Å². The van der Waals surface area contributed by atoms with Crippen molar-refractivity contribution in [2.24, 2.45) is 17.1 Å². The van der Waals surface area contributed by atoms with E-state index in [1.165, 1.54) is 6.42 Å². The van der Waals surface area contributed by atoms with Gasteiger partial charge in [-0.15, -0.1) is 0 Å². The van der Waals surface area contributed by atoms with Crippen molar-refractivity contribution in [3.05, 3.63) is 0 Å². The van der Waals surface area contributed by atoms with Crippen molar-refractivity contribution in [3.8, 4) is 0 Å². The minimum absolute atomic E-state index is 0.119. The highest BCUT2D eigenvalue weighted by atomic mass is 16.2. The smallest absolute Gasteiger partial charge is 0.242 e. The molecule has 1 aliphatic rings. The summed E-state index contributed by atoms with van der Waals surface area (Å²) >= 11 is 0. The largest absolute Gasteiger partial charge is 0.357 e. The molecule has 1 saturated carbocycles. The average molecular weight is 283 g/mol. The third-order valence-electron chi connectivity index (χ3n) is 4.16. The summed E-state index contributed by atoms with van der Waals surface area (Å²) < 4.78 is 0. The van der Waals surface area contributed by atoms with E-state index in [1.807, 2.05) is 20.8 Å². The number of rotatable bonds is 4. The maximum atomic E-state index is 12.2. The molecule has 0 aromatic rings. The van der Waals surface area contributed by atoms with Crippen LogP contribution in [0.3, 0.4) is 0 Å². The second-order valence-electron chi connectivity index (χ2n) is 6.84. The molecule has 0 unspecified atom stereocenters. The monoisotopic (exact) mass is 283 g/mol. The van der Waals surface area contributed by atoms with E-state index in [9.17, 15) is 9.59 Å². The Labute approximate surface area is 122 Å². The van der Waals surface area contributed by atoms with E-state index in [2.05, 4.69) is 10.6 Å². The molecule has 0 radical (unpaired) electrons. The first kappa shape index (κ1) is 17.0. The summed E-state index contributed by atoms with van der Waals surface area (Å²) in [6.45, 7) is 5.77. The van der Waals surface area contributed by atoms with Crippen molar-refractivity contribution < 1.29 is 9.59 Å². The van der Waals surface area contributed by atoms with Gasteiger partial charge in [0.05, 0.1) is 6.04 Å². The van der Waals surface area contributed by atoms with Crippen LogP contribution in [0.4, 0.5) is 0 Å². The number of nitrogens with two attached hydrogens (primary N) is 1. The van der Waals surface area contributed by atoms with Crippen molar-refractivity contribution in [3.63, 3.8) is 0 Å². The molecule has 0 aromatic carbocycles. The minimum Gasteiger partial charge on any atom is -0.357 e. The molecule has 5 nitrogen and oxygen atoms in total. The number of nitrogens with one attached hydrogen (secondary N) is 2. The molecule has 0 spiro atoms. The van der Waals surface area contributed by atoms with Crippen LogP contribution >= 0.6 is 0 Å². The van der Waals surface area contributed by atoms with Gasteiger partial charge in [-0.25, -0.2) is 0 Å². The lowest BCUT2D eigenvalue weighted by molar-refractivity contribution is -0.132. The lowest BCUT2D eigenvalue weighted by Gasteiger charge is -2.32. The molecule has 2 atom stereocenters. The molecule has 1 aliphatic carbocycles. The Morgan fingerprint density at radius 3 is 2.10 bits per heavy atom. The van der Waals surface area contributed by atoms with E-state index >= 15 is 0 Å². The Bertz CT molecular complexity index is 344. The highest BCUT2D eigenvalue weighted by Gasteiger charge is 2.34. The van der Waals surface area contributed by atoms with Gasteiger partial charge in [-0.1, -0.05) is 40.0 Å². The first-order valence-electron chi connectivity index (χ1n) is 7.55. The second kappa shape index (κ2) is 7.07. The van der Waals surface area contributed by atoms with Crippen LogP contribution in [-0.4, -0.2) is 30.9 Å². The van der Waals surface area contributed by atoms with Crippen LogP contribution in [0, 0.1) is 11.3 Å². The first-order valence-corrected chi connectivity index (χ1v) is 7.55. The molecule has 116 valence electrons. The molecule has 4 N–H and O–H groups in total. The van der Waals surface area contributed by atoms with E-state index in [-0.39, 0.29) is 23.1 Å². The van der Waals surface area contributed by atoms with Crippen LogP contribution in [0.5, 0.6) is 0 Å². The summed E-state index contributed by atoms with van der Waals surface area (Å²) in [5.74, 6) is -0.136. The lowest BCUT2D eigenvalue weighted by atomic mass is 9.82. The van der Waals surface area contributed by atoms with E-state index in [0.717, 1.165) is 25.7 Å². The van der Waals surface area contributed by atoms with E-state index in [0.29, 0.717) is 0 Å². The minimum atomic E-state index is -0.613. The van der Waals surface area contributed by atoms with Gasteiger partial charge in [0.25, 0.3) is 0 Å². The molecule has 2 amide bonds. The number of hydrogen-bond acceptors (Lipinski definition) is 3. The van der Waals surface area contributed by atoms with E-state index in [4.69, 9.17) is 5.73 Å². The zero-order valence-corrected chi connectivity index (χ0v) is 13.2. The number of hydrogen-bond donors (Lipinski definition) is 3. The van der Waals surface area contributed by atoms with Crippen LogP contribution in [0.2, 0.25) is 0 Å². The Hall–Kier alpha value is -1.10. The van der Waals surface area contributed by atoms with Crippen molar-refractivity contribution in [2.75, 3.05) is 7.05 Å². The second-order valence-corrected chi connectivity index (χ2v) is 6.84. The first-order chi connectivity index (χ1) is 9.27. The molecule has 0 aliphatic heterocycles. The van der Waals surface area contributed by atoms with Crippen molar-refractivity contribution in [1.82, 2.24) is 10.6 Å². The number of amides is 2. The summed E-state index contributed by atoms with van der Waals surface area (Å²) in [6, 6.07) is -1.07. The Morgan fingerprint density at radius 2 is 1.65 bits per heavy atom. The number of carbonyl (C=O) groups is 2. The molecular formula is C15H29N3O2. The Morgan fingerprint density at radius 1 is 1.10 bits per heavy atom. The molecule has 0 aromatic heterocycles.